The first-order valence-electron chi connectivity index (χ1n) is 14.3. The lowest BCUT2D eigenvalue weighted by molar-refractivity contribution is -0.126. The van der Waals surface area contributed by atoms with Crippen molar-refractivity contribution >= 4 is 11.8 Å². The molecule has 1 atom stereocenters. The maximum atomic E-state index is 13.0. The number of amides is 2. The average Bonchev–Trinajstić information content (AvgIpc) is 2.95. The van der Waals surface area contributed by atoms with Crippen LogP contribution in [0.25, 0.3) is 0 Å². The van der Waals surface area contributed by atoms with Gasteiger partial charge in [-0.3, -0.25) is 19.5 Å². The number of piperidine rings is 2. The van der Waals surface area contributed by atoms with E-state index in [1.165, 1.54) is 50.8 Å². The summed E-state index contributed by atoms with van der Waals surface area (Å²) in [7, 11) is 0. The average molecular weight is 499 g/mol. The second-order valence-electron chi connectivity index (χ2n) is 10.8. The molecule has 8 nitrogen and oxygen atoms in total. The molecule has 1 aromatic heterocycles. The number of carbonyl (C=O) groups is 2. The standard InChI is InChI=1S/C28H46N6O2/c35-27-11-21-33(23-24-6-12-29-13-7-24)16-4-5-25(8-14-30-27)28(36)31-15-22-32-19-9-26(10-20-32)34-17-2-1-3-18-34/h6-7,12-13,25-26H,1-5,8-11,14-23H2,(H,30,35)(H,31,36). The van der Waals surface area contributed by atoms with Crippen molar-refractivity contribution in [3.05, 3.63) is 30.1 Å². The maximum absolute atomic E-state index is 13.0. The third kappa shape index (κ3) is 8.82. The van der Waals surface area contributed by atoms with Crippen LogP contribution in [0.4, 0.5) is 0 Å². The summed E-state index contributed by atoms with van der Waals surface area (Å²) in [5.74, 6) is 0.173. The van der Waals surface area contributed by atoms with Crippen molar-refractivity contribution in [2.75, 3.05) is 58.9 Å². The van der Waals surface area contributed by atoms with E-state index in [-0.39, 0.29) is 17.7 Å². The number of aromatic nitrogens is 1. The minimum Gasteiger partial charge on any atom is -0.356 e. The summed E-state index contributed by atoms with van der Waals surface area (Å²) >= 11 is 0. The molecule has 2 N–H and O–H groups in total. The van der Waals surface area contributed by atoms with Gasteiger partial charge < -0.3 is 20.4 Å². The molecule has 3 aliphatic rings. The lowest BCUT2D eigenvalue weighted by Crippen LogP contribution is -2.48. The Balaban J connectivity index is 1.18. The van der Waals surface area contributed by atoms with E-state index < -0.39 is 0 Å². The molecular weight excluding hydrogens is 452 g/mol. The molecular formula is C28H46N6O2. The first-order valence-corrected chi connectivity index (χ1v) is 14.3. The Morgan fingerprint density at radius 3 is 2.47 bits per heavy atom. The third-order valence-electron chi connectivity index (χ3n) is 8.21. The zero-order valence-electron chi connectivity index (χ0n) is 22.0. The molecule has 0 aromatic carbocycles. The molecule has 1 aromatic rings. The van der Waals surface area contributed by atoms with Gasteiger partial charge in [-0.05, 0) is 95.4 Å². The molecule has 2 amide bonds. The number of pyridine rings is 1. The summed E-state index contributed by atoms with van der Waals surface area (Å²) < 4.78 is 0. The van der Waals surface area contributed by atoms with Crippen molar-refractivity contribution < 1.29 is 9.59 Å². The second kappa shape index (κ2) is 14.6. The largest absolute Gasteiger partial charge is 0.356 e. The van der Waals surface area contributed by atoms with E-state index in [1.54, 1.807) is 0 Å². The Labute approximate surface area is 217 Å². The van der Waals surface area contributed by atoms with Crippen molar-refractivity contribution in [1.82, 2.24) is 30.3 Å². The fourth-order valence-electron chi connectivity index (χ4n) is 5.99. The smallest absolute Gasteiger partial charge is 0.223 e. The highest BCUT2D eigenvalue weighted by Crippen LogP contribution is 2.21. The topological polar surface area (TPSA) is 80.8 Å². The van der Waals surface area contributed by atoms with Crippen LogP contribution in [0.1, 0.15) is 63.4 Å². The van der Waals surface area contributed by atoms with Gasteiger partial charge >= 0.3 is 0 Å². The molecule has 0 saturated carbocycles. The lowest BCUT2D eigenvalue weighted by atomic mass is 9.98. The van der Waals surface area contributed by atoms with Crippen LogP contribution in [-0.4, -0.2) is 96.4 Å². The summed E-state index contributed by atoms with van der Waals surface area (Å²) in [6.07, 6.45) is 13.3. The van der Waals surface area contributed by atoms with Gasteiger partial charge in [-0.15, -0.1) is 0 Å². The number of likely N-dealkylation sites (tertiary alicyclic amines) is 2. The van der Waals surface area contributed by atoms with E-state index in [1.807, 2.05) is 24.5 Å². The first-order chi connectivity index (χ1) is 17.7. The van der Waals surface area contributed by atoms with Crippen molar-refractivity contribution in [1.29, 1.82) is 0 Å². The van der Waals surface area contributed by atoms with E-state index >= 15 is 0 Å². The van der Waals surface area contributed by atoms with Crippen LogP contribution in [-0.2, 0) is 16.1 Å². The van der Waals surface area contributed by atoms with E-state index in [0.29, 0.717) is 25.9 Å². The van der Waals surface area contributed by atoms with Crippen LogP contribution in [0.2, 0.25) is 0 Å². The molecule has 4 rings (SSSR count). The molecule has 0 radical (unpaired) electrons. The monoisotopic (exact) mass is 498 g/mol. The molecule has 0 aliphatic carbocycles. The Kier molecular flexibility index (Phi) is 11.0. The number of nitrogens with zero attached hydrogens (tertiary/aromatic N) is 4. The highest BCUT2D eigenvalue weighted by atomic mass is 16.2. The summed E-state index contributed by atoms with van der Waals surface area (Å²) in [5.41, 5.74) is 1.20. The molecule has 4 heterocycles. The predicted octanol–water partition coefficient (Wildman–Crippen LogP) is 2.26. The van der Waals surface area contributed by atoms with Gasteiger partial charge in [0.1, 0.15) is 0 Å². The Morgan fingerprint density at radius 1 is 0.917 bits per heavy atom. The van der Waals surface area contributed by atoms with Crippen molar-refractivity contribution in [3.63, 3.8) is 0 Å². The predicted molar refractivity (Wildman–Crippen MR) is 142 cm³/mol. The number of hydrogen-bond donors (Lipinski definition) is 2. The van der Waals surface area contributed by atoms with Crippen LogP contribution >= 0.6 is 0 Å². The number of hydrogen-bond acceptors (Lipinski definition) is 6. The molecule has 200 valence electrons. The van der Waals surface area contributed by atoms with Crippen LogP contribution in [0.5, 0.6) is 0 Å². The van der Waals surface area contributed by atoms with Crippen LogP contribution < -0.4 is 10.6 Å². The molecule has 3 saturated heterocycles. The molecule has 0 spiro atoms. The van der Waals surface area contributed by atoms with E-state index in [4.69, 9.17) is 0 Å². The van der Waals surface area contributed by atoms with Gasteiger partial charge in [0.05, 0.1) is 0 Å². The molecule has 0 bridgehead atoms. The molecule has 8 heteroatoms. The van der Waals surface area contributed by atoms with Gasteiger partial charge in [-0.2, -0.15) is 0 Å². The van der Waals surface area contributed by atoms with Gasteiger partial charge in [0.15, 0.2) is 0 Å². The van der Waals surface area contributed by atoms with Gasteiger partial charge in [0.2, 0.25) is 11.8 Å². The molecule has 3 aliphatic heterocycles. The lowest BCUT2D eigenvalue weighted by Gasteiger charge is -2.40. The van der Waals surface area contributed by atoms with Gasteiger partial charge in [-0.25, -0.2) is 0 Å². The SMILES string of the molecule is O=C1CCN(Cc2ccncc2)CCCC(C(=O)NCCN2CCC(N3CCCCC3)CC2)CCN1. The van der Waals surface area contributed by atoms with Crippen LogP contribution in [0, 0.1) is 5.92 Å². The fraction of sp³-hybridized carbons (Fsp3) is 0.750. The van der Waals surface area contributed by atoms with Crippen LogP contribution in [0.15, 0.2) is 24.5 Å². The van der Waals surface area contributed by atoms with Crippen molar-refractivity contribution in [2.45, 2.75) is 70.4 Å². The van der Waals surface area contributed by atoms with Crippen LogP contribution in [0.3, 0.4) is 0 Å². The second-order valence-corrected chi connectivity index (χ2v) is 10.8. The maximum Gasteiger partial charge on any atom is 0.223 e. The van der Waals surface area contributed by atoms with Gasteiger partial charge in [0.25, 0.3) is 0 Å². The number of nitrogens with one attached hydrogen (secondary N) is 2. The Morgan fingerprint density at radius 2 is 1.69 bits per heavy atom. The minimum absolute atomic E-state index is 0.0454. The summed E-state index contributed by atoms with van der Waals surface area (Å²) in [6.45, 7) is 9.50. The Hall–Kier alpha value is -2.03. The fourth-order valence-corrected chi connectivity index (χ4v) is 5.99. The number of carbonyl (C=O) groups excluding carboxylic acids is 2. The summed E-state index contributed by atoms with van der Waals surface area (Å²) in [5, 5.41) is 6.23. The van der Waals surface area contributed by atoms with Crippen molar-refractivity contribution in [3.8, 4) is 0 Å². The van der Waals surface area contributed by atoms with Crippen molar-refractivity contribution in [2.24, 2.45) is 5.92 Å². The minimum atomic E-state index is -0.0454. The van der Waals surface area contributed by atoms with E-state index in [2.05, 4.69) is 30.3 Å². The molecule has 36 heavy (non-hydrogen) atoms. The molecule has 3 fully saturated rings. The van der Waals surface area contributed by atoms with Gasteiger partial charge in [0, 0.05) is 63.5 Å². The first kappa shape index (κ1) is 27.0. The zero-order chi connectivity index (χ0) is 25.0. The van der Waals surface area contributed by atoms with E-state index in [9.17, 15) is 9.59 Å². The third-order valence-corrected chi connectivity index (χ3v) is 8.21. The van der Waals surface area contributed by atoms with Gasteiger partial charge in [-0.1, -0.05) is 6.42 Å². The number of rotatable bonds is 7. The molecule has 1 unspecified atom stereocenters. The Bertz CT molecular complexity index is 792. The zero-order valence-corrected chi connectivity index (χ0v) is 22.0. The normalized spacial score (nSPS) is 24.6. The highest BCUT2D eigenvalue weighted by molar-refractivity contribution is 5.79. The summed E-state index contributed by atoms with van der Waals surface area (Å²) in [6, 6.07) is 4.81. The highest BCUT2D eigenvalue weighted by Gasteiger charge is 2.26. The quantitative estimate of drug-likeness (QED) is 0.600. The van der Waals surface area contributed by atoms with E-state index in [0.717, 1.165) is 58.2 Å². The summed E-state index contributed by atoms with van der Waals surface area (Å²) in [4.78, 5) is 37.0.